The van der Waals surface area contributed by atoms with Gasteiger partial charge in [-0.15, -0.1) is 0 Å². The fraction of sp³-hybridized carbons (Fsp3) is 0.500. The van der Waals surface area contributed by atoms with Crippen molar-refractivity contribution in [3.8, 4) is 0 Å². The number of hydrogen-bond acceptors (Lipinski definition) is 5. The van der Waals surface area contributed by atoms with Crippen molar-refractivity contribution in [1.29, 1.82) is 0 Å². The molecule has 0 bridgehead atoms. The third-order valence-electron chi connectivity index (χ3n) is 2.75. The lowest BCUT2D eigenvalue weighted by Gasteiger charge is -2.16. The molecule has 1 saturated heterocycles. The second-order valence-corrected chi connectivity index (χ2v) is 4.01. The average Bonchev–Trinajstić information content (AvgIpc) is 2.76. The molecule has 92 valence electrons. The zero-order valence-electron chi connectivity index (χ0n) is 9.80. The first kappa shape index (κ1) is 11.9. The number of pyridine rings is 1. The van der Waals surface area contributed by atoms with Crippen LogP contribution in [0.25, 0.3) is 0 Å². The highest BCUT2D eigenvalue weighted by Crippen LogP contribution is 2.18. The zero-order chi connectivity index (χ0) is 12.3. The number of anilines is 1. The van der Waals surface area contributed by atoms with Crippen molar-refractivity contribution in [2.24, 2.45) is 0 Å². The summed E-state index contributed by atoms with van der Waals surface area (Å²) < 4.78 is 4.88. The van der Waals surface area contributed by atoms with E-state index < -0.39 is 0 Å². The standard InChI is InChI=1S/C12H16N2O3/c1-2-17-12(16)9-3-4-11(13-7-9)14-6-5-10(15)8-14/h3-4,7,10,15H,2,5-6,8H2,1H3. The van der Waals surface area contributed by atoms with Crippen LogP contribution in [0.15, 0.2) is 18.3 Å². The summed E-state index contributed by atoms with van der Waals surface area (Å²) >= 11 is 0. The van der Waals surface area contributed by atoms with E-state index in [-0.39, 0.29) is 12.1 Å². The molecule has 1 atom stereocenters. The lowest BCUT2D eigenvalue weighted by atomic mass is 10.3. The van der Waals surface area contributed by atoms with Gasteiger partial charge in [-0.2, -0.15) is 0 Å². The fourth-order valence-corrected chi connectivity index (χ4v) is 1.86. The van der Waals surface area contributed by atoms with E-state index in [9.17, 15) is 9.90 Å². The Kier molecular flexibility index (Phi) is 3.58. The number of esters is 1. The van der Waals surface area contributed by atoms with Gasteiger partial charge in [0.05, 0.1) is 18.3 Å². The summed E-state index contributed by atoms with van der Waals surface area (Å²) in [6, 6.07) is 3.48. The number of aliphatic hydroxyl groups excluding tert-OH is 1. The third kappa shape index (κ3) is 2.74. The number of aliphatic hydroxyl groups is 1. The summed E-state index contributed by atoms with van der Waals surface area (Å²) in [6.07, 6.45) is 2.00. The van der Waals surface area contributed by atoms with Crippen molar-refractivity contribution in [2.75, 3.05) is 24.6 Å². The molecule has 1 aromatic heterocycles. The molecule has 1 aliphatic heterocycles. The molecule has 0 aliphatic carbocycles. The van der Waals surface area contributed by atoms with Gasteiger partial charge in [0.15, 0.2) is 0 Å². The van der Waals surface area contributed by atoms with Crippen LogP contribution in [0.1, 0.15) is 23.7 Å². The lowest BCUT2D eigenvalue weighted by molar-refractivity contribution is 0.0526. The Bertz CT molecular complexity index is 391. The van der Waals surface area contributed by atoms with Gasteiger partial charge < -0.3 is 14.7 Å². The molecule has 0 aromatic carbocycles. The Morgan fingerprint density at radius 1 is 1.65 bits per heavy atom. The Labute approximate surface area is 100 Å². The molecule has 2 rings (SSSR count). The molecular weight excluding hydrogens is 220 g/mol. The van der Waals surface area contributed by atoms with E-state index in [0.29, 0.717) is 18.7 Å². The molecule has 0 radical (unpaired) electrons. The Balaban J connectivity index is 2.05. The Morgan fingerprint density at radius 2 is 2.47 bits per heavy atom. The SMILES string of the molecule is CCOC(=O)c1ccc(N2CCC(O)C2)nc1. The molecule has 5 heteroatoms. The molecule has 1 aromatic rings. The second-order valence-electron chi connectivity index (χ2n) is 4.01. The molecule has 1 aliphatic rings. The number of β-amino-alcohol motifs (C(OH)–C–C–N with tert-alkyl or cyclic N) is 1. The lowest BCUT2D eigenvalue weighted by Crippen LogP contribution is -2.22. The summed E-state index contributed by atoms with van der Waals surface area (Å²) in [7, 11) is 0. The van der Waals surface area contributed by atoms with Gasteiger partial charge in [-0.3, -0.25) is 0 Å². The van der Waals surface area contributed by atoms with Crippen LogP contribution in [-0.4, -0.2) is 41.9 Å². The number of ether oxygens (including phenoxy) is 1. The molecule has 0 amide bonds. The predicted octanol–water partition coefficient (Wildman–Crippen LogP) is 0.829. The largest absolute Gasteiger partial charge is 0.462 e. The highest BCUT2D eigenvalue weighted by Gasteiger charge is 2.21. The van der Waals surface area contributed by atoms with Gasteiger partial charge in [0.25, 0.3) is 0 Å². The summed E-state index contributed by atoms with van der Waals surface area (Å²) in [4.78, 5) is 17.6. The summed E-state index contributed by atoms with van der Waals surface area (Å²) in [5.74, 6) is 0.433. The van der Waals surface area contributed by atoms with E-state index in [0.717, 1.165) is 18.8 Å². The minimum Gasteiger partial charge on any atom is -0.462 e. The average molecular weight is 236 g/mol. The van der Waals surface area contributed by atoms with E-state index in [1.807, 2.05) is 4.90 Å². The maximum absolute atomic E-state index is 11.4. The van der Waals surface area contributed by atoms with Crippen molar-refractivity contribution >= 4 is 11.8 Å². The minimum atomic E-state index is -0.354. The molecule has 1 unspecified atom stereocenters. The van der Waals surface area contributed by atoms with Crippen molar-refractivity contribution < 1.29 is 14.6 Å². The molecule has 2 heterocycles. The van der Waals surface area contributed by atoms with Crippen molar-refractivity contribution in [3.63, 3.8) is 0 Å². The topological polar surface area (TPSA) is 62.7 Å². The van der Waals surface area contributed by atoms with Crippen LogP contribution in [-0.2, 0) is 4.74 Å². The van der Waals surface area contributed by atoms with Gasteiger partial charge in [-0.1, -0.05) is 0 Å². The van der Waals surface area contributed by atoms with Gasteiger partial charge in [-0.05, 0) is 25.5 Å². The second kappa shape index (κ2) is 5.14. The van der Waals surface area contributed by atoms with Crippen LogP contribution in [0.3, 0.4) is 0 Å². The smallest absolute Gasteiger partial charge is 0.339 e. The normalized spacial score (nSPS) is 19.4. The number of carbonyl (C=O) groups is 1. The number of carbonyl (C=O) groups excluding carboxylic acids is 1. The van der Waals surface area contributed by atoms with Crippen LogP contribution < -0.4 is 4.90 Å². The first-order valence-corrected chi connectivity index (χ1v) is 5.77. The van der Waals surface area contributed by atoms with Crippen molar-refractivity contribution in [1.82, 2.24) is 4.98 Å². The van der Waals surface area contributed by atoms with Crippen molar-refractivity contribution in [2.45, 2.75) is 19.4 Å². The molecule has 1 fully saturated rings. The molecule has 5 nitrogen and oxygen atoms in total. The highest BCUT2D eigenvalue weighted by molar-refractivity contribution is 5.89. The highest BCUT2D eigenvalue weighted by atomic mass is 16.5. The first-order valence-electron chi connectivity index (χ1n) is 5.77. The molecule has 0 spiro atoms. The van der Waals surface area contributed by atoms with Crippen LogP contribution in [0, 0.1) is 0 Å². The maximum atomic E-state index is 11.4. The quantitative estimate of drug-likeness (QED) is 0.787. The zero-order valence-corrected chi connectivity index (χ0v) is 9.80. The molecule has 0 saturated carbocycles. The summed E-state index contributed by atoms with van der Waals surface area (Å²) in [6.45, 7) is 3.53. The number of hydrogen-bond donors (Lipinski definition) is 1. The van der Waals surface area contributed by atoms with Crippen LogP contribution in [0.5, 0.6) is 0 Å². The monoisotopic (exact) mass is 236 g/mol. The number of rotatable bonds is 3. The Morgan fingerprint density at radius 3 is 3.00 bits per heavy atom. The van der Waals surface area contributed by atoms with E-state index in [1.165, 1.54) is 6.20 Å². The van der Waals surface area contributed by atoms with Gasteiger partial charge in [0.2, 0.25) is 0 Å². The summed E-state index contributed by atoms with van der Waals surface area (Å²) in [5.41, 5.74) is 0.454. The van der Waals surface area contributed by atoms with Gasteiger partial charge in [-0.25, -0.2) is 9.78 Å². The molecule has 1 N–H and O–H groups in total. The van der Waals surface area contributed by atoms with Gasteiger partial charge in [0.1, 0.15) is 5.82 Å². The van der Waals surface area contributed by atoms with E-state index in [4.69, 9.17) is 4.74 Å². The first-order chi connectivity index (χ1) is 8.20. The minimum absolute atomic E-state index is 0.276. The number of nitrogens with zero attached hydrogens (tertiary/aromatic N) is 2. The molecular formula is C12H16N2O3. The van der Waals surface area contributed by atoms with E-state index in [2.05, 4.69) is 4.98 Å². The van der Waals surface area contributed by atoms with Crippen LogP contribution in [0.2, 0.25) is 0 Å². The Hall–Kier alpha value is -1.62. The van der Waals surface area contributed by atoms with Crippen molar-refractivity contribution in [3.05, 3.63) is 23.9 Å². The third-order valence-corrected chi connectivity index (χ3v) is 2.75. The summed E-state index contributed by atoms with van der Waals surface area (Å²) in [5, 5.41) is 9.43. The van der Waals surface area contributed by atoms with Gasteiger partial charge >= 0.3 is 5.97 Å². The predicted molar refractivity (Wildman–Crippen MR) is 63.0 cm³/mol. The van der Waals surface area contributed by atoms with E-state index in [1.54, 1.807) is 19.1 Å². The molecule has 17 heavy (non-hydrogen) atoms. The van der Waals surface area contributed by atoms with Gasteiger partial charge in [0, 0.05) is 19.3 Å². The van der Waals surface area contributed by atoms with Crippen LogP contribution >= 0.6 is 0 Å². The fourth-order valence-electron chi connectivity index (χ4n) is 1.86. The number of aromatic nitrogens is 1. The van der Waals surface area contributed by atoms with E-state index >= 15 is 0 Å². The maximum Gasteiger partial charge on any atom is 0.339 e. The van der Waals surface area contributed by atoms with Crippen LogP contribution in [0.4, 0.5) is 5.82 Å².